The number of carbonyl (C=O) groups excluding carboxylic acids is 1. The zero-order chi connectivity index (χ0) is 14.2. The minimum atomic E-state index is -1.15. The molecule has 0 aromatic heterocycles. The summed E-state index contributed by atoms with van der Waals surface area (Å²) in [5.74, 6) is -0.386. The Hall–Kier alpha value is -0.730. The van der Waals surface area contributed by atoms with Gasteiger partial charge in [-0.05, 0) is 6.42 Å². The quantitative estimate of drug-likeness (QED) is 0.432. The van der Waals surface area contributed by atoms with Gasteiger partial charge in [-0.3, -0.25) is 9.69 Å². The van der Waals surface area contributed by atoms with Crippen LogP contribution in [0.4, 0.5) is 0 Å². The molecule has 2 rings (SSSR count). The lowest BCUT2D eigenvalue weighted by Crippen LogP contribution is -2.43. The maximum absolute atomic E-state index is 11.4. The summed E-state index contributed by atoms with van der Waals surface area (Å²) in [5.41, 5.74) is 0. The van der Waals surface area contributed by atoms with Crippen molar-refractivity contribution in [2.75, 3.05) is 13.2 Å². The summed E-state index contributed by atoms with van der Waals surface area (Å²) in [7, 11) is 0. The predicted octanol–water partition coefficient (Wildman–Crippen LogP) is -2.16. The molecule has 2 aliphatic rings. The summed E-state index contributed by atoms with van der Waals surface area (Å²) in [6.45, 7) is 1.74. The Morgan fingerprint density at radius 2 is 1.95 bits per heavy atom. The van der Waals surface area contributed by atoms with E-state index in [2.05, 4.69) is 0 Å². The molecule has 4 N–H and O–H groups in total. The number of carbonyl (C=O) groups is 1. The van der Waals surface area contributed by atoms with Crippen LogP contribution in [0.5, 0.6) is 0 Å². The zero-order valence-electron chi connectivity index (χ0n) is 10.8. The molecule has 0 aromatic carbocycles. The molecule has 6 atom stereocenters. The fourth-order valence-corrected chi connectivity index (χ4v) is 2.99. The number of esters is 1. The van der Waals surface area contributed by atoms with Crippen molar-refractivity contribution in [1.82, 2.24) is 4.90 Å². The molecule has 110 valence electrons. The molecule has 0 bridgehead atoms. The molecule has 0 unspecified atom stereocenters. The summed E-state index contributed by atoms with van der Waals surface area (Å²) in [4.78, 5) is 13.1. The van der Waals surface area contributed by atoms with Gasteiger partial charge in [-0.15, -0.1) is 0 Å². The summed E-state index contributed by atoms with van der Waals surface area (Å²) in [5, 5.41) is 39.0. The van der Waals surface area contributed by atoms with Crippen LogP contribution in [0.2, 0.25) is 0 Å². The number of hydrogen-bond acceptors (Lipinski definition) is 7. The average Bonchev–Trinajstić information content (AvgIpc) is 2.78. The first-order chi connectivity index (χ1) is 9.01. The Balaban J connectivity index is 2.04. The molecule has 19 heavy (non-hydrogen) atoms. The highest BCUT2D eigenvalue weighted by atomic mass is 16.6. The Morgan fingerprint density at radius 1 is 1.26 bits per heavy atom. The van der Waals surface area contributed by atoms with Gasteiger partial charge in [-0.1, -0.05) is 6.92 Å². The zero-order valence-corrected chi connectivity index (χ0v) is 10.8. The van der Waals surface area contributed by atoms with Crippen molar-refractivity contribution in [2.24, 2.45) is 0 Å². The second-order valence-electron chi connectivity index (χ2n) is 5.19. The summed E-state index contributed by atoms with van der Waals surface area (Å²) < 4.78 is 5.17. The molecule has 2 fully saturated rings. The molecule has 2 saturated heterocycles. The Kier molecular flexibility index (Phi) is 4.42. The molecule has 0 saturated carbocycles. The fraction of sp³-hybridized carbons (Fsp3) is 0.917. The lowest BCUT2D eigenvalue weighted by atomic mass is 10.0. The number of nitrogens with zero attached hydrogens (tertiary/aromatic N) is 1. The topological polar surface area (TPSA) is 110 Å². The van der Waals surface area contributed by atoms with Crippen LogP contribution in [0.25, 0.3) is 0 Å². The van der Waals surface area contributed by atoms with Crippen LogP contribution in [-0.2, 0) is 9.53 Å². The number of rotatable bonds is 4. The van der Waals surface area contributed by atoms with E-state index in [-0.39, 0.29) is 25.5 Å². The van der Waals surface area contributed by atoms with Gasteiger partial charge in [0.2, 0.25) is 0 Å². The van der Waals surface area contributed by atoms with Gasteiger partial charge in [0.05, 0.1) is 30.9 Å². The number of aliphatic hydroxyl groups is 4. The Morgan fingerprint density at radius 3 is 2.53 bits per heavy atom. The highest BCUT2D eigenvalue weighted by Crippen LogP contribution is 2.34. The van der Waals surface area contributed by atoms with Gasteiger partial charge in [-0.25, -0.2) is 0 Å². The van der Waals surface area contributed by atoms with E-state index in [1.807, 2.05) is 6.92 Å². The number of ether oxygens (including phenoxy) is 1. The van der Waals surface area contributed by atoms with Crippen molar-refractivity contribution in [3.63, 3.8) is 0 Å². The first-order valence-corrected chi connectivity index (χ1v) is 6.61. The summed E-state index contributed by atoms with van der Waals surface area (Å²) >= 11 is 0. The van der Waals surface area contributed by atoms with Crippen LogP contribution >= 0.6 is 0 Å². The van der Waals surface area contributed by atoms with Crippen molar-refractivity contribution in [3.8, 4) is 0 Å². The fourth-order valence-electron chi connectivity index (χ4n) is 2.99. The first kappa shape index (κ1) is 14.7. The van der Waals surface area contributed by atoms with Crippen LogP contribution in [0, 0.1) is 0 Å². The SMILES string of the molecule is CCCC(=O)O[C@H]1CN2[C@@H]([C@@H](O)[C@H](O)[C@H]2CO)[C@@H]1O. The third kappa shape index (κ3) is 2.48. The lowest BCUT2D eigenvalue weighted by Gasteiger charge is -2.22. The van der Waals surface area contributed by atoms with Gasteiger partial charge in [0.1, 0.15) is 12.2 Å². The molecule has 7 nitrogen and oxygen atoms in total. The first-order valence-electron chi connectivity index (χ1n) is 6.61. The molecule has 2 heterocycles. The predicted molar refractivity (Wildman–Crippen MR) is 64.2 cm³/mol. The van der Waals surface area contributed by atoms with Crippen molar-refractivity contribution in [3.05, 3.63) is 0 Å². The van der Waals surface area contributed by atoms with Crippen LogP contribution < -0.4 is 0 Å². The van der Waals surface area contributed by atoms with E-state index in [4.69, 9.17) is 4.74 Å². The van der Waals surface area contributed by atoms with Gasteiger partial charge in [-0.2, -0.15) is 0 Å². The van der Waals surface area contributed by atoms with Crippen LogP contribution in [-0.4, -0.2) is 80.9 Å². The van der Waals surface area contributed by atoms with Crippen molar-refractivity contribution < 1.29 is 30.0 Å². The van der Waals surface area contributed by atoms with Gasteiger partial charge in [0.25, 0.3) is 0 Å². The van der Waals surface area contributed by atoms with Gasteiger partial charge in [0.15, 0.2) is 0 Å². The van der Waals surface area contributed by atoms with E-state index in [0.717, 1.165) is 0 Å². The van der Waals surface area contributed by atoms with Crippen molar-refractivity contribution in [2.45, 2.75) is 56.3 Å². The highest BCUT2D eigenvalue weighted by molar-refractivity contribution is 5.69. The van der Waals surface area contributed by atoms with Crippen molar-refractivity contribution >= 4 is 5.97 Å². The molecule has 0 spiro atoms. The maximum atomic E-state index is 11.4. The van der Waals surface area contributed by atoms with Gasteiger partial charge in [0, 0.05) is 13.0 Å². The van der Waals surface area contributed by atoms with E-state index in [0.29, 0.717) is 6.42 Å². The Bertz CT molecular complexity index is 338. The smallest absolute Gasteiger partial charge is 0.306 e. The lowest BCUT2D eigenvalue weighted by molar-refractivity contribution is -0.153. The van der Waals surface area contributed by atoms with Gasteiger partial charge >= 0.3 is 5.97 Å². The normalized spacial score (nSPS) is 42.4. The Labute approximate surface area is 111 Å². The van der Waals surface area contributed by atoms with E-state index in [9.17, 15) is 25.2 Å². The molecule has 2 aliphatic heterocycles. The second-order valence-corrected chi connectivity index (χ2v) is 5.19. The minimum absolute atomic E-state index is 0.209. The molecule has 0 aromatic rings. The summed E-state index contributed by atoms with van der Waals surface area (Å²) in [6, 6.07) is -1.34. The molecule has 0 aliphatic carbocycles. The monoisotopic (exact) mass is 275 g/mol. The summed E-state index contributed by atoms with van der Waals surface area (Å²) in [6.07, 6.45) is -3.08. The van der Waals surface area contributed by atoms with Gasteiger partial charge < -0.3 is 25.2 Å². The molecule has 0 amide bonds. The number of fused-ring (bicyclic) bond motifs is 1. The number of hydrogen-bond donors (Lipinski definition) is 4. The highest BCUT2D eigenvalue weighted by Gasteiger charge is 2.57. The minimum Gasteiger partial charge on any atom is -0.458 e. The van der Waals surface area contributed by atoms with Crippen LogP contribution in [0.1, 0.15) is 19.8 Å². The average molecular weight is 275 g/mol. The van der Waals surface area contributed by atoms with E-state index >= 15 is 0 Å². The standard InChI is InChI=1S/C12H21NO6/c1-2-3-8(15)19-7-4-13-6(5-14)10(16)12(18)9(13)11(7)17/h6-7,9-12,14,16-18H,2-5H2,1H3/t6-,7+,9-,10-,11-,12-/m1/s1. The largest absolute Gasteiger partial charge is 0.458 e. The van der Waals surface area contributed by atoms with E-state index < -0.39 is 36.5 Å². The van der Waals surface area contributed by atoms with Crippen LogP contribution in [0.15, 0.2) is 0 Å². The molecule has 7 heteroatoms. The maximum Gasteiger partial charge on any atom is 0.306 e. The van der Waals surface area contributed by atoms with Crippen LogP contribution in [0.3, 0.4) is 0 Å². The third-order valence-electron chi connectivity index (χ3n) is 3.95. The van der Waals surface area contributed by atoms with E-state index in [1.54, 1.807) is 4.90 Å². The number of aliphatic hydroxyl groups excluding tert-OH is 4. The second kappa shape index (κ2) is 5.72. The van der Waals surface area contributed by atoms with E-state index in [1.165, 1.54) is 0 Å². The molecular formula is C12H21NO6. The molecular weight excluding hydrogens is 254 g/mol. The molecule has 0 radical (unpaired) electrons. The third-order valence-corrected chi connectivity index (χ3v) is 3.95. The van der Waals surface area contributed by atoms with Crippen molar-refractivity contribution in [1.29, 1.82) is 0 Å².